The molecule has 2 nitrogen and oxygen atoms in total. The minimum atomic E-state index is -2.55. The number of carbonyl (C=O) groups is 1. The number of carbonyl (C=O) groups excluding carboxylic acids is 1. The van der Waals surface area contributed by atoms with Crippen LogP contribution < -0.4 is 0 Å². The minimum absolute atomic E-state index is 0.0458. The molecule has 0 aliphatic heterocycles. The molecule has 0 aliphatic rings. The number of esters is 1. The molecular formula is C14H26F2O2S. The third-order valence-corrected chi connectivity index (χ3v) is 4.17. The molecule has 0 fully saturated rings. The van der Waals surface area contributed by atoms with Crippen molar-refractivity contribution in [2.45, 2.75) is 70.5 Å². The monoisotopic (exact) mass is 296 g/mol. The van der Waals surface area contributed by atoms with E-state index in [9.17, 15) is 13.6 Å². The van der Waals surface area contributed by atoms with Gasteiger partial charge >= 0.3 is 5.97 Å². The van der Waals surface area contributed by atoms with Crippen LogP contribution in [0.3, 0.4) is 0 Å². The molecule has 0 aliphatic carbocycles. The summed E-state index contributed by atoms with van der Waals surface area (Å²) in [6.45, 7) is 5.38. The summed E-state index contributed by atoms with van der Waals surface area (Å²) in [5.41, 5.74) is 0. The molecule has 114 valence electrons. The van der Waals surface area contributed by atoms with Crippen molar-refractivity contribution in [2.75, 3.05) is 12.4 Å². The van der Waals surface area contributed by atoms with Crippen molar-refractivity contribution in [1.29, 1.82) is 0 Å². The lowest BCUT2D eigenvalue weighted by Gasteiger charge is -2.15. The molecule has 0 rings (SSSR count). The highest BCUT2D eigenvalue weighted by Gasteiger charge is 2.19. The maximum absolute atomic E-state index is 12.6. The van der Waals surface area contributed by atoms with Crippen molar-refractivity contribution >= 4 is 17.7 Å². The second-order valence-electron chi connectivity index (χ2n) is 4.86. The first-order valence-corrected chi connectivity index (χ1v) is 8.09. The van der Waals surface area contributed by atoms with Gasteiger partial charge in [-0.1, -0.05) is 13.8 Å². The SMILES string of the molecule is CCCC(=O)OCC(CC)SCCCCC(C)(F)F. The van der Waals surface area contributed by atoms with Crippen molar-refractivity contribution in [2.24, 2.45) is 0 Å². The molecule has 0 heterocycles. The number of unbranched alkanes of at least 4 members (excludes halogenated alkanes) is 1. The zero-order valence-corrected chi connectivity index (χ0v) is 13.0. The van der Waals surface area contributed by atoms with Gasteiger partial charge in [-0.2, -0.15) is 11.8 Å². The lowest BCUT2D eigenvalue weighted by atomic mass is 10.2. The average Bonchev–Trinajstić information content (AvgIpc) is 2.31. The van der Waals surface area contributed by atoms with Crippen molar-refractivity contribution < 1.29 is 18.3 Å². The molecule has 5 heteroatoms. The molecule has 1 atom stereocenters. The van der Waals surface area contributed by atoms with E-state index in [4.69, 9.17) is 4.74 Å². The standard InChI is InChI=1S/C14H26F2O2S/c1-4-8-13(17)18-11-12(5-2)19-10-7-6-9-14(3,15)16/h12H,4-11H2,1-3H3. The first-order valence-electron chi connectivity index (χ1n) is 7.04. The average molecular weight is 296 g/mol. The fraction of sp³-hybridized carbons (Fsp3) is 0.929. The molecule has 0 aromatic heterocycles. The lowest BCUT2D eigenvalue weighted by Crippen LogP contribution is -2.16. The topological polar surface area (TPSA) is 26.3 Å². The van der Waals surface area contributed by atoms with Gasteiger partial charge in [-0.15, -0.1) is 0 Å². The number of hydrogen-bond acceptors (Lipinski definition) is 3. The van der Waals surface area contributed by atoms with Crippen molar-refractivity contribution in [3.63, 3.8) is 0 Å². The van der Waals surface area contributed by atoms with Crippen LogP contribution in [0.2, 0.25) is 0 Å². The van der Waals surface area contributed by atoms with E-state index in [1.54, 1.807) is 11.8 Å². The Morgan fingerprint density at radius 2 is 2.00 bits per heavy atom. The van der Waals surface area contributed by atoms with E-state index in [-0.39, 0.29) is 17.6 Å². The van der Waals surface area contributed by atoms with Crippen LogP contribution >= 0.6 is 11.8 Å². The van der Waals surface area contributed by atoms with Gasteiger partial charge in [-0.05, 0) is 38.4 Å². The third kappa shape index (κ3) is 12.5. The molecule has 0 spiro atoms. The molecule has 0 radical (unpaired) electrons. The first-order chi connectivity index (χ1) is 8.89. The molecule has 1 unspecified atom stereocenters. The summed E-state index contributed by atoms with van der Waals surface area (Å²) in [6.07, 6.45) is 3.47. The maximum Gasteiger partial charge on any atom is 0.305 e. The van der Waals surface area contributed by atoms with Gasteiger partial charge in [0.25, 0.3) is 0 Å². The van der Waals surface area contributed by atoms with Crippen LogP contribution in [0.4, 0.5) is 8.78 Å². The van der Waals surface area contributed by atoms with Gasteiger partial charge in [0.05, 0.1) is 0 Å². The quantitative estimate of drug-likeness (QED) is 0.409. The third-order valence-electron chi connectivity index (χ3n) is 2.70. The van der Waals surface area contributed by atoms with E-state index in [0.717, 1.165) is 31.9 Å². The predicted octanol–water partition coefficient (Wildman–Crippen LogP) is 4.67. The number of halogens is 2. The molecule has 0 aromatic carbocycles. The van der Waals surface area contributed by atoms with Gasteiger partial charge in [-0.3, -0.25) is 4.79 Å². The van der Waals surface area contributed by atoms with Crippen LogP contribution in [0, 0.1) is 0 Å². The summed E-state index contributed by atoms with van der Waals surface area (Å²) >= 11 is 1.71. The molecule has 19 heavy (non-hydrogen) atoms. The summed E-state index contributed by atoms with van der Waals surface area (Å²) in [4.78, 5) is 11.2. The first kappa shape index (κ1) is 18.7. The molecule has 0 N–H and O–H groups in total. The number of rotatable bonds is 11. The Kier molecular flexibility index (Phi) is 10.3. The minimum Gasteiger partial charge on any atom is -0.464 e. The van der Waals surface area contributed by atoms with Crippen LogP contribution in [-0.4, -0.2) is 29.5 Å². The second-order valence-corrected chi connectivity index (χ2v) is 6.27. The highest BCUT2D eigenvalue weighted by Crippen LogP contribution is 2.22. The highest BCUT2D eigenvalue weighted by atomic mass is 32.2. The van der Waals surface area contributed by atoms with Crippen LogP contribution in [0.15, 0.2) is 0 Å². The van der Waals surface area contributed by atoms with Gasteiger partial charge < -0.3 is 4.74 Å². The van der Waals surface area contributed by atoms with Crippen LogP contribution in [-0.2, 0) is 9.53 Å². The summed E-state index contributed by atoms with van der Waals surface area (Å²) < 4.78 is 30.4. The summed E-state index contributed by atoms with van der Waals surface area (Å²) in [5.74, 6) is -1.85. The normalized spacial score (nSPS) is 13.3. The zero-order chi connectivity index (χ0) is 14.7. The van der Waals surface area contributed by atoms with Gasteiger partial charge in [0.2, 0.25) is 5.92 Å². The predicted molar refractivity (Wildman–Crippen MR) is 76.9 cm³/mol. The lowest BCUT2D eigenvalue weighted by molar-refractivity contribution is -0.143. The van der Waals surface area contributed by atoms with Gasteiger partial charge in [0.15, 0.2) is 0 Å². The van der Waals surface area contributed by atoms with Crippen molar-refractivity contribution in [3.05, 3.63) is 0 Å². The fourth-order valence-corrected chi connectivity index (χ4v) is 2.64. The van der Waals surface area contributed by atoms with Gasteiger partial charge in [0.1, 0.15) is 6.61 Å². The Balaban J connectivity index is 3.62. The van der Waals surface area contributed by atoms with Crippen molar-refractivity contribution in [1.82, 2.24) is 0 Å². The number of thioether (sulfide) groups is 1. The summed E-state index contributed by atoms with van der Waals surface area (Å²) in [6, 6.07) is 0. The summed E-state index contributed by atoms with van der Waals surface area (Å²) in [7, 11) is 0. The Bertz CT molecular complexity index is 242. The van der Waals surface area contributed by atoms with Crippen LogP contribution in [0.1, 0.15) is 59.3 Å². The highest BCUT2D eigenvalue weighted by molar-refractivity contribution is 7.99. The molecular weight excluding hydrogens is 270 g/mol. The number of ether oxygens (including phenoxy) is 1. The van der Waals surface area contributed by atoms with Crippen LogP contribution in [0.25, 0.3) is 0 Å². The van der Waals surface area contributed by atoms with E-state index < -0.39 is 5.92 Å². The molecule has 0 saturated heterocycles. The second kappa shape index (κ2) is 10.5. The van der Waals surface area contributed by atoms with E-state index in [1.807, 2.05) is 13.8 Å². The Hall–Kier alpha value is -0.320. The molecule has 0 aromatic rings. The number of alkyl halides is 2. The zero-order valence-electron chi connectivity index (χ0n) is 12.2. The largest absolute Gasteiger partial charge is 0.464 e. The molecule has 0 bridgehead atoms. The van der Waals surface area contributed by atoms with E-state index in [1.165, 1.54) is 0 Å². The van der Waals surface area contributed by atoms with E-state index in [2.05, 4.69) is 0 Å². The van der Waals surface area contributed by atoms with Gasteiger partial charge in [0, 0.05) is 18.1 Å². The van der Waals surface area contributed by atoms with E-state index in [0.29, 0.717) is 19.4 Å². The molecule has 0 amide bonds. The maximum atomic E-state index is 12.6. The van der Waals surface area contributed by atoms with Crippen molar-refractivity contribution in [3.8, 4) is 0 Å². The number of hydrogen-bond donors (Lipinski definition) is 0. The fourth-order valence-electron chi connectivity index (χ4n) is 1.53. The Morgan fingerprint density at radius 1 is 1.32 bits per heavy atom. The summed E-state index contributed by atoms with van der Waals surface area (Å²) in [5, 5.41) is 0.281. The molecule has 0 saturated carbocycles. The van der Waals surface area contributed by atoms with Crippen LogP contribution in [0.5, 0.6) is 0 Å². The van der Waals surface area contributed by atoms with Gasteiger partial charge in [-0.25, -0.2) is 8.78 Å². The smallest absolute Gasteiger partial charge is 0.305 e. The Morgan fingerprint density at radius 3 is 2.53 bits per heavy atom. The Labute approximate surface area is 119 Å². The van der Waals surface area contributed by atoms with E-state index >= 15 is 0 Å².